The Morgan fingerprint density at radius 2 is 1.96 bits per heavy atom. The summed E-state index contributed by atoms with van der Waals surface area (Å²) in [6.45, 7) is 0. The van der Waals surface area contributed by atoms with Gasteiger partial charge in [-0.1, -0.05) is 29.8 Å². The first-order valence-electron chi connectivity index (χ1n) is 8.74. The maximum absolute atomic E-state index is 12.6. The summed E-state index contributed by atoms with van der Waals surface area (Å²) in [5.74, 6) is -0.0793. The summed E-state index contributed by atoms with van der Waals surface area (Å²) in [5, 5.41) is 7.64. The smallest absolute Gasteiger partial charge is 0.228 e. The normalized spacial score (nSPS) is 13.3. The van der Waals surface area contributed by atoms with Crippen LogP contribution in [0.5, 0.6) is 0 Å². The number of aromatic nitrogens is 3. The zero-order chi connectivity index (χ0) is 17.9. The van der Waals surface area contributed by atoms with Gasteiger partial charge in [-0.15, -0.1) is 0 Å². The number of rotatable bonds is 4. The Kier molecular flexibility index (Phi) is 4.71. The Hall–Kier alpha value is -2.66. The van der Waals surface area contributed by atoms with Crippen LogP contribution < -0.4 is 5.32 Å². The van der Waals surface area contributed by atoms with Crippen molar-refractivity contribution in [1.29, 1.82) is 0 Å². The first-order chi connectivity index (χ1) is 12.7. The van der Waals surface area contributed by atoms with E-state index in [2.05, 4.69) is 33.6 Å². The molecule has 0 fully saturated rings. The van der Waals surface area contributed by atoms with Gasteiger partial charge >= 0.3 is 0 Å². The minimum absolute atomic E-state index is 0.0793. The topological polar surface area (TPSA) is 59.8 Å². The van der Waals surface area contributed by atoms with Crippen molar-refractivity contribution in [2.45, 2.75) is 32.1 Å². The Morgan fingerprint density at radius 1 is 1.12 bits per heavy atom. The molecule has 0 unspecified atom stereocenters. The summed E-state index contributed by atoms with van der Waals surface area (Å²) in [4.78, 5) is 16.5. The van der Waals surface area contributed by atoms with E-state index < -0.39 is 0 Å². The number of amides is 1. The van der Waals surface area contributed by atoms with E-state index in [9.17, 15) is 4.79 Å². The average Bonchev–Trinajstić information content (AvgIpc) is 3.16. The molecule has 1 aliphatic carbocycles. The maximum atomic E-state index is 12.6. The van der Waals surface area contributed by atoms with Crippen LogP contribution in [0.3, 0.4) is 0 Å². The summed E-state index contributed by atoms with van der Waals surface area (Å²) in [5.41, 5.74) is 5.18. The summed E-state index contributed by atoms with van der Waals surface area (Å²) in [7, 11) is 0. The SMILES string of the molecule is O=C(Cc1ccc2c(c1)CCCC2)Nc1cc(Cl)ccc1-n1cncn1. The fourth-order valence-corrected chi connectivity index (χ4v) is 3.59. The predicted octanol–water partition coefficient (Wildman–Crippen LogP) is 3.98. The largest absolute Gasteiger partial charge is 0.324 e. The third-order valence-electron chi connectivity index (χ3n) is 4.68. The molecule has 0 radical (unpaired) electrons. The van der Waals surface area contributed by atoms with Gasteiger partial charge in [-0.05, 0) is 60.6 Å². The molecule has 0 saturated carbocycles. The fourth-order valence-electron chi connectivity index (χ4n) is 3.42. The van der Waals surface area contributed by atoms with Crippen molar-refractivity contribution in [2.75, 3.05) is 5.32 Å². The standard InChI is InChI=1S/C20H19ClN4O/c21-17-7-8-19(25-13-22-12-23-25)18(11-17)24-20(26)10-14-5-6-15-3-1-2-4-16(15)9-14/h5-9,11-13H,1-4,10H2,(H,24,26). The lowest BCUT2D eigenvalue weighted by Crippen LogP contribution is -2.16. The molecule has 0 atom stereocenters. The van der Waals surface area contributed by atoms with Crippen LogP contribution in [-0.2, 0) is 24.1 Å². The molecule has 1 amide bonds. The van der Waals surface area contributed by atoms with E-state index in [1.807, 2.05) is 6.07 Å². The molecule has 6 heteroatoms. The molecule has 0 aliphatic heterocycles. The third kappa shape index (κ3) is 3.63. The lowest BCUT2D eigenvalue weighted by molar-refractivity contribution is -0.115. The van der Waals surface area contributed by atoms with Crippen molar-refractivity contribution in [2.24, 2.45) is 0 Å². The second kappa shape index (κ2) is 7.30. The first kappa shape index (κ1) is 16.8. The van der Waals surface area contributed by atoms with E-state index in [1.54, 1.807) is 23.1 Å². The molecule has 1 heterocycles. The molecule has 0 saturated heterocycles. The number of carbonyl (C=O) groups excluding carboxylic acids is 1. The van der Waals surface area contributed by atoms with Gasteiger partial charge in [-0.25, -0.2) is 9.67 Å². The minimum Gasteiger partial charge on any atom is -0.324 e. The molecule has 1 N–H and O–H groups in total. The number of hydrogen-bond donors (Lipinski definition) is 1. The Labute approximate surface area is 157 Å². The lowest BCUT2D eigenvalue weighted by Gasteiger charge is -2.16. The summed E-state index contributed by atoms with van der Waals surface area (Å²) in [6, 6.07) is 11.7. The number of nitrogens with one attached hydrogen (secondary N) is 1. The van der Waals surface area contributed by atoms with E-state index in [1.165, 1.54) is 30.3 Å². The maximum Gasteiger partial charge on any atom is 0.228 e. The van der Waals surface area contributed by atoms with Gasteiger partial charge in [-0.3, -0.25) is 4.79 Å². The molecule has 1 aromatic heterocycles. The van der Waals surface area contributed by atoms with Gasteiger partial charge in [0.05, 0.1) is 17.8 Å². The molecule has 3 aromatic rings. The Bertz CT molecular complexity index is 937. The van der Waals surface area contributed by atoms with Crippen LogP contribution in [0.15, 0.2) is 49.1 Å². The number of benzene rings is 2. The second-order valence-corrected chi connectivity index (χ2v) is 6.97. The molecule has 4 rings (SSSR count). The van der Waals surface area contributed by atoms with Crippen molar-refractivity contribution >= 4 is 23.2 Å². The van der Waals surface area contributed by atoms with E-state index >= 15 is 0 Å². The van der Waals surface area contributed by atoms with Crippen molar-refractivity contribution < 1.29 is 4.79 Å². The zero-order valence-corrected chi connectivity index (χ0v) is 15.0. The van der Waals surface area contributed by atoms with Crippen molar-refractivity contribution in [1.82, 2.24) is 14.8 Å². The molecule has 5 nitrogen and oxygen atoms in total. The molecule has 0 spiro atoms. The van der Waals surface area contributed by atoms with Crippen LogP contribution in [0.25, 0.3) is 5.69 Å². The molecular formula is C20H19ClN4O. The van der Waals surface area contributed by atoms with Crippen molar-refractivity contribution in [3.8, 4) is 5.69 Å². The highest BCUT2D eigenvalue weighted by atomic mass is 35.5. The molecule has 1 aliphatic rings. The van der Waals surface area contributed by atoms with E-state index in [0.717, 1.165) is 24.1 Å². The Balaban J connectivity index is 1.53. The third-order valence-corrected chi connectivity index (χ3v) is 4.91. The van der Waals surface area contributed by atoms with Gasteiger partial charge in [0.15, 0.2) is 0 Å². The van der Waals surface area contributed by atoms with Crippen LogP contribution >= 0.6 is 11.6 Å². The zero-order valence-electron chi connectivity index (χ0n) is 14.3. The van der Waals surface area contributed by atoms with Crippen LogP contribution in [0.1, 0.15) is 29.5 Å². The number of halogens is 1. The first-order valence-corrected chi connectivity index (χ1v) is 9.12. The summed E-state index contributed by atoms with van der Waals surface area (Å²) < 4.78 is 1.60. The van der Waals surface area contributed by atoms with Gasteiger partial charge in [0, 0.05) is 5.02 Å². The quantitative estimate of drug-likeness (QED) is 0.759. The van der Waals surface area contributed by atoms with E-state index in [4.69, 9.17) is 11.6 Å². The predicted molar refractivity (Wildman–Crippen MR) is 102 cm³/mol. The highest BCUT2D eigenvalue weighted by Crippen LogP contribution is 2.25. The van der Waals surface area contributed by atoms with Crippen LogP contribution in [0.4, 0.5) is 5.69 Å². The fraction of sp³-hybridized carbons (Fsp3) is 0.250. The lowest BCUT2D eigenvalue weighted by atomic mass is 9.90. The average molecular weight is 367 g/mol. The molecule has 0 bridgehead atoms. The van der Waals surface area contributed by atoms with Crippen molar-refractivity contribution in [3.63, 3.8) is 0 Å². The highest BCUT2D eigenvalue weighted by Gasteiger charge is 2.13. The molecule has 2 aromatic carbocycles. The van der Waals surface area contributed by atoms with Gasteiger partial charge in [0.2, 0.25) is 5.91 Å². The van der Waals surface area contributed by atoms with E-state index in [-0.39, 0.29) is 5.91 Å². The number of fused-ring (bicyclic) bond motifs is 1. The highest BCUT2D eigenvalue weighted by molar-refractivity contribution is 6.31. The molecule has 132 valence electrons. The number of anilines is 1. The summed E-state index contributed by atoms with van der Waals surface area (Å²) >= 11 is 6.10. The molecular weight excluding hydrogens is 348 g/mol. The van der Waals surface area contributed by atoms with E-state index in [0.29, 0.717) is 17.1 Å². The van der Waals surface area contributed by atoms with Gasteiger partial charge in [-0.2, -0.15) is 5.10 Å². The van der Waals surface area contributed by atoms with Crippen LogP contribution in [0, 0.1) is 0 Å². The molecule has 26 heavy (non-hydrogen) atoms. The summed E-state index contributed by atoms with van der Waals surface area (Å²) in [6.07, 6.45) is 8.10. The van der Waals surface area contributed by atoms with Gasteiger partial charge in [0.1, 0.15) is 12.7 Å². The minimum atomic E-state index is -0.0793. The number of carbonyl (C=O) groups is 1. The van der Waals surface area contributed by atoms with Crippen LogP contribution in [0.2, 0.25) is 5.02 Å². The second-order valence-electron chi connectivity index (χ2n) is 6.54. The number of aryl methyl sites for hydroxylation is 2. The van der Waals surface area contributed by atoms with Gasteiger partial charge in [0.25, 0.3) is 0 Å². The van der Waals surface area contributed by atoms with Gasteiger partial charge < -0.3 is 5.32 Å². The van der Waals surface area contributed by atoms with Crippen molar-refractivity contribution in [3.05, 3.63) is 70.8 Å². The monoisotopic (exact) mass is 366 g/mol. The van der Waals surface area contributed by atoms with Crippen LogP contribution in [-0.4, -0.2) is 20.7 Å². The Morgan fingerprint density at radius 3 is 2.77 bits per heavy atom. The number of nitrogens with zero attached hydrogens (tertiary/aromatic N) is 3. The number of hydrogen-bond acceptors (Lipinski definition) is 3.